The highest BCUT2D eigenvalue weighted by Gasteiger charge is 2.45. The molecule has 7 nitrogen and oxygen atoms in total. The number of nitrogens with one attached hydrogen (secondary N) is 1. The molecule has 2 saturated heterocycles. The summed E-state index contributed by atoms with van der Waals surface area (Å²) in [5, 5.41) is 12.2. The molecule has 1 spiro atoms. The number of ether oxygens (including phenoxy) is 1. The highest BCUT2D eigenvalue weighted by molar-refractivity contribution is 7.89. The van der Waals surface area contributed by atoms with Crippen LogP contribution in [-0.4, -0.2) is 56.6 Å². The number of carbonyl (C=O) groups is 1. The molecule has 8 heteroatoms. The molecule has 2 aliphatic rings. The molecule has 132 valence electrons. The van der Waals surface area contributed by atoms with Crippen LogP contribution in [0.4, 0.5) is 0 Å². The Hall–Kier alpha value is -1.64. The minimum Gasteiger partial charge on any atom is -0.495 e. The van der Waals surface area contributed by atoms with Gasteiger partial charge in [0.25, 0.3) is 0 Å². The first kappa shape index (κ1) is 17.2. The number of carboxylic acid groups (broad SMARTS) is 1. The maximum atomic E-state index is 12.9. The molecular weight excluding hydrogens is 332 g/mol. The van der Waals surface area contributed by atoms with E-state index in [0.717, 1.165) is 0 Å². The quantitative estimate of drug-likeness (QED) is 0.834. The predicted molar refractivity (Wildman–Crippen MR) is 87.5 cm³/mol. The topological polar surface area (TPSA) is 95.9 Å². The Bertz CT molecular complexity index is 726. The summed E-state index contributed by atoms with van der Waals surface area (Å²) in [4.78, 5) is 11.3. The van der Waals surface area contributed by atoms with Gasteiger partial charge in [0.1, 0.15) is 16.7 Å². The van der Waals surface area contributed by atoms with Gasteiger partial charge >= 0.3 is 5.97 Å². The normalized spacial score (nSPS) is 24.1. The SMILES string of the molecule is COc1ccccc1S(=O)(=O)N1CCC2(CC1)CN[C@@H](C(=O)O)C2. The van der Waals surface area contributed by atoms with Gasteiger partial charge in [-0.25, -0.2) is 8.42 Å². The van der Waals surface area contributed by atoms with Crippen LogP contribution in [-0.2, 0) is 14.8 Å². The fraction of sp³-hybridized carbons (Fsp3) is 0.562. The first-order valence-corrected chi connectivity index (χ1v) is 9.41. The van der Waals surface area contributed by atoms with E-state index in [1.165, 1.54) is 11.4 Å². The van der Waals surface area contributed by atoms with Gasteiger partial charge in [0.05, 0.1) is 7.11 Å². The third-order valence-electron chi connectivity index (χ3n) is 5.13. The fourth-order valence-corrected chi connectivity index (χ4v) is 5.24. The number of carboxylic acids is 1. The molecule has 0 unspecified atom stereocenters. The van der Waals surface area contributed by atoms with Gasteiger partial charge in [-0.1, -0.05) is 12.1 Å². The number of piperidine rings is 1. The van der Waals surface area contributed by atoms with Crippen molar-refractivity contribution in [3.05, 3.63) is 24.3 Å². The van der Waals surface area contributed by atoms with Crippen LogP contribution in [0.25, 0.3) is 0 Å². The summed E-state index contributed by atoms with van der Waals surface area (Å²) in [6.07, 6.45) is 1.89. The van der Waals surface area contributed by atoms with E-state index in [1.807, 2.05) is 0 Å². The number of methoxy groups -OCH3 is 1. The monoisotopic (exact) mass is 354 g/mol. The van der Waals surface area contributed by atoms with Crippen LogP contribution in [0.15, 0.2) is 29.2 Å². The van der Waals surface area contributed by atoms with Crippen molar-refractivity contribution in [1.82, 2.24) is 9.62 Å². The standard InChI is InChI=1S/C16H22N2O5S/c1-23-13-4-2-3-5-14(13)24(21,22)18-8-6-16(7-9-18)10-12(15(19)20)17-11-16/h2-5,12,17H,6-11H2,1H3,(H,19,20)/t12-/m1/s1. The zero-order valence-corrected chi connectivity index (χ0v) is 14.4. The predicted octanol–water partition coefficient (Wildman–Crippen LogP) is 0.913. The number of sulfonamides is 1. The molecule has 0 saturated carbocycles. The molecule has 1 atom stereocenters. The molecule has 0 radical (unpaired) electrons. The zero-order valence-electron chi connectivity index (χ0n) is 13.6. The molecule has 0 amide bonds. The number of hydrogen-bond acceptors (Lipinski definition) is 5. The van der Waals surface area contributed by atoms with Crippen LogP contribution >= 0.6 is 0 Å². The van der Waals surface area contributed by atoms with Crippen LogP contribution in [0.5, 0.6) is 5.75 Å². The second-order valence-corrected chi connectivity index (χ2v) is 8.44. The highest BCUT2D eigenvalue weighted by Crippen LogP contribution is 2.41. The molecule has 0 bridgehead atoms. The summed E-state index contributed by atoms with van der Waals surface area (Å²) in [6, 6.07) is 6.08. The maximum absolute atomic E-state index is 12.9. The average molecular weight is 354 g/mol. The summed E-state index contributed by atoms with van der Waals surface area (Å²) >= 11 is 0. The number of aliphatic carboxylic acids is 1. The summed E-state index contributed by atoms with van der Waals surface area (Å²) in [7, 11) is -2.16. The van der Waals surface area contributed by atoms with E-state index in [0.29, 0.717) is 44.6 Å². The van der Waals surface area contributed by atoms with Crippen LogP contribution in [0.2, 0.25) is 0 Å². The smallest absolute Gasteiger partial charge is 0.320 e. The Balaban J connectivity index is 1.74. The fourth-order valence-electron chi connectivity index (χ4n) is 3.64. The number of nitrogens with zero attached hydrogens (tertiary/aromatic N) is 1. The van der Waals surface area contributed by atoms with Gasteiger partial charge in [-0.15, -0.1) is 0 Å². The summed E-state index contributed by atoms with van der Waals surface area (Å²) in [6.45, 7) is 1.43. The Kier molecular flexibility index (Phi) is 4.54. The number of benzene rings is 1. The summed E-state index contributed by atoms with van der Waals surface area (Å²) < 4.78 is 32.4. The van der Waals surface area contributed by atoms with Crippen LogP contribution in [0.1, 0.15) is 19.3 Å². The Labute approximate surface area is 141 Å². The zero-order chi connectivity index (χ0) is 17.4. The summed E-state index contributed by atoms with van der Waals surface area (Å²) in [5.74, 6) is -0.498. The van der Waals surface area contributed by atoms with Gasteiger partial charge in [-0.2, -0.15) is 4.31 Å². The van der Waals surface area contributed by atoms with Gasteiger partial charge in [0, 0.05) is 19.6 Å². The van der Waals surface area contributed by atoms with Crippen molar-refractivity contribution in [1.29, 1.82) is 0 Å². The van der Waals surface area contributed by atoms with E-state index in [2.05, 4.69) is 5.32 Å². The third-order valence-corrected chi connectivity index (χ3v) is 7.07. The van der Waals surface area contributed by atoms with Gasteiger partial charge in [-0.05, 0) is 36.8 Å². The molecule has 0 aromatic heterocycles. The first-order chi connectivity index (χ1) is 11.4. The number of para-hydroxylation sites is 1. The molecule has 0 aliphatic carbocycles. The van der Waals surface area contributed by atoms with E-state index in [1.54, 1.807) is 24.3 Å². The van der Waals surface area contributed by atoms with Gasteiger partial charge in [0.2, 0.25) is 10.0 Å². The van der Waals surface area contributed by atoms with Crippen LogP contribution < -0.4 is 10.1 Å². The van der Waals surface area contributed by atoms with Gasteiger partial charge in [-0.3, -0.25) is 4.79 Å². The lowest BCUT2D eigenvalue weighted by molar-refractivity contribution is -0.139. The molecule has 1 aromatic carbocycles. The van der Waals surface area contributed by atoms with E-state index in [4.69, 9.17) is 9.84 Å². The molecule has 2 aliphatic heterocycles. The Morgan fingerprint density at radius 3 is 2.58 bits per heavy atom. The Morgan fingerprint density at radius 1 is 1.33 bits per heavy atom. The van der Waals surface area contributed by atoms with Crippen LogP contribution in [0, 0.1) is 5.41 Å². The summed E-state index contributed by atoms with van der Waals surface area (Å²) in [5.41, 5.74) is -0.115. The van der Waals surface area contributed by atoms with Crippen molar-refractivity contribution in [2.45, 2.75) is 30.2 Å². The minimum absolute atomic E-state index is 0.115. The lowest BCUT2D eigenvalue weighted by Gasteiger charge is -2.38. The van der Waals surface area contributed by atoms with E-state index in [-0.39, 0.29) is 10.3 Å². The molecular formula is C16H22N2O5S. The molecule has 3 rings (SSSR count). The van der Waals surface area contributed by atoms with Crippen molar-refractivity contribution in [2.24, 2.45) is 5.41 Å². The van der Waals surface area contributed by atoms with Crippen molar-refractivity contribution >= 4 is 16.0 Å². The van der Waals surface area contributed by atoms with Crippen molar-refractivity contribution in [3.8, 4) is 5.75 Å². The number of rotatable bonds is 4. The maximum Gasteiger partial charge on any atom is 0.320 e. The molecule has 2 fully saturated rings. The van der Waals surface area contributed by atoms with Gasteiger partial charge < -0.3 is 15.2 Å². The highest BCUT2D eigenvalue weighted by atomic mass is 32.2. The van der Waals surface area contributed by atoms with E-state index >= 15 is 0 Å². The molecule has 24 heavy (non-hydrogen) atoms. The van der Waals surface area contributed by atoms with Crippen LogP contribution in [0.3, 0.4) is 0 Å². The largest absolute Gasteiger partial charge is 0.495 e. The van der Waals surface area contributed by atoms with E-state index < -0.39 is 22.0 Å². The average Bonchev–Trinajstić information content (AvgIpc) is 2.99. The minimum atomic E-state index is -3.61. The van der Waals surface area contributed by atoms with Crippen molar-refractivity contribution in [2.75, 3.05) is 26.7 Å². The third kappa shape index (κ3) is 3.01. The number of hydrogen-bond donors (Lipinski definition) is 2. The lowest BCUT2D eigenvalue weighted by atomic mass is 9.77. The lowest BCUT2D eigenvalue weighted by Crippen LogP contribution is -2.44. The first-order valence-electron chi connectivity index (χ1n) is 7.97. The Morgan fingerprint density at radius 2 is 2.00 bits per heavy atom. The van der Waals surface area contributed by atoms with E-state index in [9.17, 15) is 13.2 Å². The van der Waals surface area contributed by atoms with Crippen molar-refractivity contribution in [3.63, 3.8) is 0 Å². The molecule has 2 heterocycles. The second-order valence-electron chi connectivity index (χ2n) is 6.53. The van der Waals surface area contributed by atoms with Gasteiger partial charge in [0.15, 0.2) is 0 Å². The van der Waals surface area contributed by atoms with Crippen molar-refractivity contribution < 1.29 is 23.1 Å². The molecule has 1 aromatic rings. The second kappa shape index (κ2) is 6.34. The molecule has 2 N–H and O–H groups in total.